The maximum atomic E-state index is 13.6. The Balaban J connectivity index is 2.30. The SMILES string of the molecule is FCOc1c(NNc2ccc(F)c(F)c2OC(F)F)ccc(F)c1F. The van der Waals surface area contributed by atoms with Crippen LogP contribution in [0.5, 0.6) is 11.5 Å². The lowest BCUT2D eigenvalue weighted by atomic mass is 10.2. The second-order valence-corrected chi connectivity index (χ2v) is 4.36. The third-order valence-electron chi connectivity index (χ3n) is 2.84. The van der Waals surface area contributed by atoms with Gasteiger partial charge in [0.2, 0.25) is 18.5 Å². The Kier molecular flexibility index (Phi) is 5.78. The molecule has 0 aliphatic rings. The maximum Gasteiger partial charge on any atom is 0.387 e. The van der Waals surface area contributed by atoms with Crippen LogP contribution in [0.15, 0.2) is 24.3 Å². The number of rotatable bonds is 7. The average Bonchev–Trinajstić information content (AvgIpc) is 2.56. The first-order valence-corrected chi connectivity index (χ1v) is 6.46. The third-order valence-corrected chi connectivity index (χ3v) is 2.84. The van der Waals surface area contributed by atoms with Gasteiger partial charge in [0.15, 0.2) is 23.1 Å². The van der Waals surface area contributed by atoms with Crippen molar-refractivity contribution in [3.63, 3.8) is 0 Å². The van der Waals surface area contributed by atoms with Crippen molar-refractivity contribution < 1.29 is 40.2 Å². The van der Waals surface area contributed by atoms with Gasteiger partial charge in [0, 0.05) is 0 Å². The molecule has 0 fully saturated rings. The van der Waals surface area contributed by atoms with Crippen molar-refractivity contribution in [2.45, 2.75) is 6.61 Å². The molecule has 0 atom stereocenters. The quantitative estimate of drug-likeness (QED) is 0.553. The van der Waals surface area contributed by atoms with Gasteiger partial charge in [-0.25, -0.2) is 13.2 Å². The van der Waals surface area contributed by atoms with Crippen LogP contribution in [-0.2, 0) is 0 Å². The number of benzene rings is 2. The van der Waals surface area contributed by atoms with Crippen molar-refractivity contribution in [2.75, 3.05) is 17.7 Å². The van der Waals surface area contributed by atoms with Crippen molar-refractivity contribution in [3.05, 3.63) is 47.5 Å². The molecular formula is C14H9F7N2O2. The molecule has 136 valence electrons. The summed E-state index contributed by atoms with van der Waals surface area (Å²) in [4.78, 5) is 0. The van der Waals surface area contributed by atoms with Gasteiger partial charge < -0.3 is 9.47 Å². The molecular weight excluding hydrogens is 361 g/mol. The molecule has 2 rings (SSSR count). The van der Waals surface area contributed by atoms with Gasteiger partial charge in [0.25, 0.3) is 0 Å². The summed E-state index contributed by atoms with van der Waals surface area (Å²) in [5.74, 6) is -8.00. The monoisotopic (exact) mass is 370 g/mol. The van der Waals surface area contributed by atoms with Crippen LogP contribution in [0.2, 0.25) is 0 Å². The number of ether oxygens (including phenoxy) is 2. The van der Waals surface area contributed by atoms with E-state index in [9.17, 15) is 30.7 Å². The summed E-state index contributed by atoms with van der Waals surface area (Å²) in [6, 6.07) is 3.07. The first-order valence-electron chi connectivity index (χ1n) is 6.46. The van der Waals surface area contributed by atoms with Crippen LogP contribution in [0.4, 0.5) is 42.1 Å². The molecule has 2 aromatic rings. The van der Waals surface area contributed by atoms with Crippen molar-refractivity contribution in [1.29, 1.82) is 0 Å². The molecule has 2 aromatic carbocycles. The summed E-state index contributed by atoms with van der Waals surface area (Å²) in [5.41, 5.74) is 3.49. The molecule has 0 bridgehead atoms. The molecule has 2 N–H and O–H groups in total. The molecule has 0 spiro atoms. The number of anilines is 2. The number of hydrogen-bond acceptors (Lipinski definition) is 4. The highest BCUT2D eigenvalue weighted by molar-refractivity contribution is 5.64. The van der Waals surface area contributed by atoms with E-state index >= 15 is 0 Å². The van der Waals surface area contributed by atoms with Gasteiger partial charge >= 0.3 is 6.61 Å². The minimum Gasteiger partial charge on any atom is -0.457 e. The Morgan fingerprint density at radius 2 is 1.28 bits per heavy atom. The van der Waals surface area contributed by atoms with Crippen LogP contribution in [0, 0.1) is 23.3 Å². The summed E-state index contributed by atoms with van der Waals surface area (Å²) in [5, 5.41) is 0. The van der Waals surface area contributed by atoms with E-state index in [-0.39, 0.29) is 5.69 Å². The van der Waals surface area contributed by atoms with Gasteiger partial charge in [0.1, 0.15) is 0 Å². The molecule has 0 radical (unpaired) electrons. The largest absolute Gasteiger partial charge is 0.457 e. The van der Waals surface area contributed by atoms with Gasteiger partial charge in [-0.3, -0.25) is 10.9 Å². The second kappa shape index (κ2) is 7.81. The summed E-state index contributed by atoms with van der Waals surface area (Å²) in [7, 11) is 0. The van der Waals surface area contributed by atoms with E-state index in [0.29, 0.717) is 12.1 Å². The van der Waals surface area contributed by atoms with Crippen LogP contribution in [0.25, 0.3) is 0 Å². The Hall–Kier alpha value is -2.85. The third kappa shape index (κ3) is 4.17. The highest BCUT2D eigenvalue weighted by Gasteiger charge is 2.20. The van der Waals surface area contributed by atoms with Crippen LogP contribution in [-0.4, -0.2) is 13.5 Å². The van der Waals surface area contributed by atoms with E-state index in [1.54, 1.807) is 0 Å². The van der Waals surface area contributed by atoms with E-state index in [4.69, 9.17) is 0 Å². The van der Waals surface area contributed by atoms with E-state index in [1.165, 1.54) is 0 Å². The summed E-state index contributed by atoms with van der Waals surface area (Å²) < 4.78 is 98.5. The van der Waals surface area contributed by atoms with Gasteiger partial charge in [0.05, 0.1) is 11.4 Å². The fourth-order valence-electron chi connectivity index (χ4n) is 1.80. The molecule has 0 saturated carbocycles. The minimum atomic E-state index is -3.45. The zero-order chi connectivity index (χ0) is 18.6. The first-order chi connectivity index (χ1) is 11.8. The van der Waals surface area contributed by atoms with Gasteiger partial charge in [-0.15, -0.1) is 0 Å². The molecule has 11 heteroatoms. The van der Waals surface area contributed by atoms with Crippen molar-refractivity contribution >= 4 is 11.4 Å². The lowest BCUT2D eigenvalue weighted by Crippen LogP contribution is -2.14. The maximum absolute atomic E-state index is 13.6. The van der Waals surface area contributed by atoms with E-state index in [1.807, 2.05) is 0 Å². The number of hydrogen-bond donors (Lipinski definition) is 2. The van der Waals surface area contributed by atoms with Crippen LogP contribution in [0.3, 0.4) is 0 Å². The zero-order valence-electron chi connectivity index (χ0n) is 12.1. The highest BCUT2D eigenvalue weighted by Crippen LogP contribution is 2.33. The Bertz CT molecular complexity index is 758. The molecule has 0 heterocycles. The first kappa shape index (κ1) is 18.5. The zero-order valence-corrected chi connectivity index (χ0v) is 12.1. The number of hydrazine groups is 1. The Morgan fingerprint density at radius 1 is 0.800 bits per heavy atom. The minimum absolute atomic E-state index is 0.343. The van der Waals surface area contributed by atoms with Gasteiger partial charge in [-0.05, 0) is 24.3 Å². The number of halogens is 7. The van der Waals surface area contributed by atoms with Crippen molar-refractivity contribution in [2.24, 2.45) is 0 Å². The molecule has 0 saturated heterocycles. The molecule has 0 aliphatic heterocycles. The summed E-state index contributed by atoms with van der Waals surface area (Å²) >= 11 is 0. The topological polar surface area (TPSA) is 42.5 Å². The Labute approximate surface area is 136 Å². The van der Waals surface area contributed by atoms with Gasteiger partial charge in [-0.1, -0.05) is 0 Å². The van der Waals surface area contributed by atoms with Gasteiger partial charge in [-0.2, -0.15) is 17.6 Å². The van der Waals surface area contributed by atoms with Crippen LogP contribution < -0.4 is 20.3 Å². The van der Waals surface area contributed by atoms with Crippen LogP contribution in [0.1, 0.15) is 0 Å². The molecule has 25 heavy (non-hydrogen) atoms. The fraction of sp³-hybridized carbons (Fsp3) is 0.143. The lowest BCUT2D eigenvalue weighted by Gasteiger charge is -2.17. The standard InChI is InChI=1S/C14H9F7N2O2/c15-5-24-12-8(3-1-6(16)10(12)18)22-23-9-4-2-7(17)11(19)13(9)25-14(20)21/h1-4,14,22-23H,5H2. The lowest BCUT2D eigenvalue weighted by molar-refractivity contribution is -0.0519. The predicted molar refractivity (Wildman–Crippen MR) is 73.2 cm³/mol. The number of nitrogens with one attached hydrogen (secondary N) is 2. The molecule has 0 amide bonds. The van der Waals surface area contributed by atoms with E-state index < -0.39 is 53.9 Å². The summed E-state index contributed by atoms with van der Waals surface area (Å²) in [6.45, 7) is -4.94. The highest BCUT2D eigenvalue weighted by atomic mass is 19.3. The smallest absolute Gasteiger partial charge is 0.387 e. The van der Waals surface area contributed by atoms with Crippen molar-refractivity contribution in [1.82, 2.24) is 0 Å². The molecule has 0 aliphatic carbocycles. The normalized spacial score (nSPS) is 10.7. The fourth-order valence-corrected chi connectivity index (χ4v) is 1.80. The van der Waals surface area contributed by atoms with Crippen LogP contribution >= 0.6 is 0 Å². The molecule has 0 unspecified atom stereocenters. The summed E-state index contributed by atoms with van der Waals surface area (Å²) in [6.07, 6.45) is 0. The number of alkyl halides is 3. The Morgan fingerprint density at radius 3 is 1.76 bits per heavy atom. The van der Waals surface area contributed by atoms with Crippen molar-refractivity contribution in [3.8, 4) is 11.5 Å². The molecule has 0 aromatic heterocycles. The predicted octanol–water partition coefficient (Wildman–Crippen LogP) is 4.59. The van der Waals surface area contributed by atoms with E-state index in [2.05, 4.69) is 20.3 Å². The molecule has 4 nitrogen and oxygen atoms in total. The van der Waals surface area contributed by atoms with E-state index in [0.717, 1.165) is 12.1 Å². The average molecular weight is 370 g/mol. The second-order valence-electron chi connectivity index (χ2n) is 4.36.